The number of benzene rings is 1. The molecular weight excluding hydrogens is 216 g/mol. The highest BCUT2D eigenvalue weighted by Crippen LogP contribution is 2.15. The lowest BCUT2D eigenvalue weighted by molar-refractivity contribution is 0.202. The van der Waals surface area contributed by atoms with E-state index in [0.29, 0.717) is 13.0 Å². The number of hydrogen-bond donors (Lipinski definition) is 1. The Morgan fingerprint density at radius 3 is 2.60 bits per heavy atom. The van der Waals surface area contributed by atoms with Crippen LogP contribution >= 0.6 is 0 Å². The van der Waals surface area contributed by atoms with Crippen LogP contribution in [0.1, 0.15) is 11.1 Å². The van der Waals surface area contributed by atoms with E-state index in [1.807, 2.05) is 6.92 Å². The van der Waals surface area contributed by atoms with Crippen molar-refractivity contribution in [2.45, 2.75) is 18.2 Å². The topological polar surface area (TPSA) is 63.6 Å². The summed E-state index contributed by atoms with van der Waals surface area (Å²) in [5.41, 5.74) is 1.85. The van der Waals surface area contributed by atoms with Gasteiger partial charge in [-0.1, -0.05) is 6.07 Å². The van der Waals surface area contributed by atoms with E-state index >= 15 is 0 Å². The van der Waals surface area contributed by atoms with E-state index in [4.69, 9.17) is 9.29 Å². The minimum Gasteiger partial charge on any atom is -0.384 e. The Labute approximate surface area is 89.6 Å². The Kier molecular flexibility index (Phi) is 3.84. The summed E-state index contributed by atoms with van der Waals surface area (Å²) in [6, 6.07) is 4.54. The molecule has 1 rings (SSSR count). The highest BCUT2D eigenvalue weighted by molar-refractivity contribution is 7.85. The van der Waals surface area contributed by atoms with Crippen LogP contribution in [0.15, 0.2) is 23.1 Å². The van der Waals surface area contributed by atoms with E-state index < -0.39 is 10.1 Å². The van der Waals surface area contributed by atoms with Gasteiger partial charge >= 0.3 is 0 Å². The highest BCUT2D eigenvalue weighted by atomic mass is 32.2. The maximum Gasteiger partial charge on any atom is 0.294 e. The SMILES string of the molecule is COCCc1cc(S(=O)(=O)O)ccc1C. The molecule has 5 heteroatoms. The van der Waals surface area contributed by atoms with Gasteiger partial charge in [0.05, 0.1) is 11.5 Å². The molecule has 0 saturated carbocycles. The predicted molar refractivity (Wildman–Crippen MR) is 56.6 cm³/mol. The van der Waals surface area contributed by atoms with Gasteiger partial charge in [0.1, 0.15) is 0 Å². The van der Waals surface area contributed by atoms with Crippen LogP contribution in [-0.4, -0.2) is 26.7 Å². The van der Waals surface area contributed by atoms with Gasteiger partial charge in [0.15, 0.2) is 0 Å². The molecule has 0 aliphatic heterocycles. The summed E-state index contributed by atoms with van der Waals surface area (Å²) >= 11 is 0. The van der Waals surface area contributed by atoms with Crippen molar-refractivity contribution in [3.8, 4) is 0 Å². The first-order chi connectivity index (χ1) is 6.95. The average Bonchev–Trinajstić information content (AvgIpc) is 2.15. The lowest BCUT2D eigenvalue weighted by Gasteiger charge is -2.06. The Bertz CT molecular complexity index is 437. The molecule has 0 spiro atoms. The molecule has 0 heterocycles. The lowest BCUT2D eigenvalue weighted by atomic mass is 10.1. The second kappa shape index (κ2) is 4.74. The van der Waals surface area contributed by atoms with Crippen molar-refractivity contribution >= 4 is 10.1 Å². The van der Waals surface area contributed by atoms with Gasteiger partial charge in [-0.05, 0) is 36.6 Å². The molecule has 0 saturated heterocycles. The summed E-state index contributed by atoms with van der Waals surface area (Å²) < 4.78 is 35.6. The number of methoxy groups -OCH3 is 1. The maximum absolute atomic E-state index is 10.9. The molecule has 15 heavy (non-hydrogen) atoms. The molecular formula is C10H14O4S. The quantitative estimate of drug-likeness (QED) is 0.795. The second-order valence-corrected chi connectivity index (χ2v) is 4.73. The molecule has 4 nitrogen and oxygen atoms in total. The van der Waals surface area contributed by atoms with E-state index in [2.05, 4.69) is 0 Å². The summed E-state index contributed by atoms with van der Waals surface area (Å²) in [5, 5.41) is 0. The van der Waals surface area contributed by atoms with Gasteiger partial charge in [0, 0.05) is 7.11 Å². The Morgan fingerprint density at radius 2 is 2.07 bits per heavy atom. The molecule has 0 unspecified atom stereocenters. The molecule has 0 aliphatic carbocycles. The zero-order valence-electron chi connectivity index (χ0n) is 8.73. The normalized spacial score (nSPS) is 11.7. The van der Waals surface area contributed by atoms with Crippen molar-refractivity contribution in [3.63, 3.8) is 0 Å². The van der Waals surface area contributed by atoms with Crippen LogP contribution in [0.5, 0.6) is 0 Å². The summed E-state index contributed by atoms with van der Waals surface area (Å²) in [6.45, 7) is 2.41. The van der Waals surface area contributed by atoms with Gasteiger partial charge in [-0.2, -0.15) is 8.42 Å². The van der Waals surface area contributed by atoms with Crippen LogP contribution in [0.2, 0.25) is 0 Å². The van der Waals surface area contributed by atoms with Crippen molar-refractivity contribution in [2.75, 3.05) is 13.7 Å². The van der Waals surface area contributed by atoms with Crippen molar-refractivity contribution in [3.05, 3.63) is 29.3 Å². The fourth-order valence-electron chi connectivity index (χ4n) is 1.29. The summed E-state index contributed by atoms with van der Waals surface area (Å²) in [5.74, 6) is 0. The van der Waals surface area contributed by atoms with Gasteiger partial charge in [-0.25, -0.2) is 0 Å². The molecule has 0 fully saturated rings. The van der Waals surface area contributed by atoms with E-state index in [-0.39, 0.29) is 4.90 Å². The van der Waals surface area contributed by atoms with E-state index in [1.54, 1.807) is 13.2 Å². The number of hydrogen-bond acceptors (Lipinski definition) is 3. The van der Waals surface area contributed by atoms with E-state index in [0.717, 1.165) is 11.1 Å². The Hall–Kier alpha value is -0.910. The fraction of sp³-hybridized carbons (Fsp3) is 0.400. The van der Waals surface area contributed by atoms with Crippen LogP contribution in [0.4, 0.5) is 0 Å². The van der Waals surface area contributed by atoms with Crippen molar-refractivity contribution in [1.29, 1.82) is 0 Å². The zero-order chi connectivity index (χ0) is 11.5. The minimum absolute atomic E-state index is 0.0702. The van der Waals surface area contributed by atoms with Gasteiger partial charge in [0.25, 0.3) is 10.1 Å². The monoisotopic (exact) mass is 230 g/mol. The van der Waals surface area contributed by atoms with Crippen LogP contribution in [0.25, 0.3) is 0 Å². The second-order valence-electron chi connectivity index (χ2n) is 3.31. The molecule has 1 aromatic rings. The predicted octanol–water partition coefficient (Wildman–Crippen LogP) is 1.43. The van der Waals surface area contributed by atoms with Crippen molar-refractivity contribution in [2.24, 2.45) is 0 Å². The zero-order valence-corrected chi connectivity index (χ0v) is 9.54. The van der Waals surface area contributed by atoms with Crippen LogP contribution in [-0.2, 0) is 21.3 Å². The minimum atomic E-state index is -4.11. The van der Waals surface area contributed by atoms with E-state index in [1.165, 1.54) is 12.1 Å². The summed E-state index contributed by atoms with van der Waals surface area (Å²) in [6.07, 6.45) is 0.631. The van der Waals surface area contributed by atoms with Gasteiger partial charge < -0.3 is 4.74 Å². The first kappa shape index (κ1) is 12.2. The first-order valence-electron chi connectivity index (χ1n) is 4.51. The summed E-state index contributed by atoms with van der Waals surface area (Å²) in [4.78, 5) is -0.0702. The van der Waals surface area contributed by atoms with Gasteiger partial charge in [-0.3, -0.25) is 4.55 Å². The standard InChI is InChI=1S/C10H14O4S/c1-8-3-4-10(15(11,12)13)7-9(8)5-6-14-2/h3-4,7H,5-6H2,1-2H3,(H,11,12,13). The van der Waals surface area contributed by atoms with Crippen molar-refractivity contribution in [1.82, 2.24) is 0 Å². The van der Waals surface area contributed by atoms with Crippen LogP contribution < -0.4 is 0 Å². The molecule has 1 aromatic carbocycles. The largest absolute Gasteiger partial charge is 0.384 e. The number of rotatable bonds is 4. The smallest absolute Gasteiger partial charge is 0.294 e. The van der Waals surface area contributed by atoms with E-state index in [9.17, 15) is 8.42 Å². The van der Waals surface area contributed by atoms with Crippen LogP contribution in [0.3, 0.4) is 0 Å². The molecule has 0 aromatic heterocycles. The third kappa shape index (κ3) is 3.30. The molecule has 0 bridgehead atoms. The van der Waals surface area contributed by atoms with Gasteiger partial charge in [-0.15, -0.1) is 0 Å². The first-order valence-corrected chi connectivity index (χ1v) is 5.95. The molecule has 84 valence electrons. The Morgan fingerprint density at radius 1 is 1.40 bits per heavy atom. The fourth-order valence-corrected chi connectivity index (χ4v) is 1.82. The summed E-state index contributed by atoms with van der Waals surface area (Å²) in [7, 11) is -2.52. The molecule has 0 atom stereocenters. The van der Waals surface area contributed by atoms with Gasteiger partial charge in [0.2, 0.25) is 0 Å². The molecule has 0 amide bonds. The number of ether oxygens (including phenoxy) is 1. The average molecular weight is 230 g/mol. The Balaban J connectivity index is 3.06. The molecule has 1 N–H and O–H groups in total. The molecule has 0 radical (unpaired) electrons. The third-order valence-electron chi connectivity index (χ3n) is 2.19. The van der Waals surface area contributed by atoms with Crippen LogP contribution in [0, 0.1) is 6.92 Å². The third-order valence-corrected chi connectivity index (χ3v) is 3.04. The van der Waals surface area contributed by atoms with Crippen molar-refractivity contribution < 1.29 is 17.7 Å². The molecule has 0 aliphatic rings. The maximum atomic E-state index is 10.9. The number of aryl methyl sites for hydroxylation is 1. The lowest BCUT2D eigenvalue weighted by Crippen LogP contribution is -2.02. The highest BCUT2D eigenvalue weighted by Gasteiger charge is 2.10.